The number of benzene rings is 1. The second kappa shape index (κ2) is 19.1. The molecule has 0 saturated carbocycles. The van der Waals surface area contributed by atoms with Gasteiger partial charge < -0.3 is 26.2 Å². The lowest BCUT2D eigenvalue weighted by Crippen LogP contribution is -2.61. The molecule has 15 heteroatoms. The number of fused-ring (bicyclic) bond motifs is 1. The number of rotatable bonds is 17. The SMILES string of the molecule is C#CCCC(NC(=O)[C@@H]1[C@@H](C(C)C)CCN1C(=O)[C@@H](NC(=O)N[C@H](CN(C)S(=O)(=O)c1cccs1)C(C)(C)C)C1Cc2ccccc2C1)C(=O)C(=O)NCC=C. The Morgan fingerprint density at radius 3 is 2.27 bits per heavy atom. The molecule has 1 saturated heterocycles. The van der Waals surface area contributed by atoms with Gasteiger partial charge in [-0.3, -0.25) is 19.2 Å². The molecule has 2 aliphatic rings. The third kappa shape index (κ3) is 10.7. The molecule has 2 aromatic rings. The molecule has 1 aliphatic heterocycles. The lowest BCUT2D eigenvalue weighted by Gasteiger charge is -2.36. The number of terminal acetylenes is 1. The highest BCUT2D eigenvalue weighted by Crippen LogP contribution is 2.35. The van der Waals surface area contributed by atoms with Gasteiger partial charge >= 0.3 is 6.03 Å². The van der Waals surface area contributed by atoms with Gasteiger partial charge in [0.15, 0.2) is 0 Å². The Balaban J connectivity index is 1.62. The van der Waals surface area contributed by atoms with Gasteiger partial charge in [-0.05, 0) is 71.4 Å². The van der Waals surface area contributed by atoms with Gasteiger partial charge in [-0.15, -0.1) is 30.3 Å². The Morgan fingerprint density at radius 2 is 1.71 bits per heavy atom. The van der Waals surface area contributed by atoms with Gasteiger partial charge in [0.2, 0.25) is 17.6 Å². The van der Waals surface area contributed by atoms with E-state index in [4.69, 9.17) is 6.42 Å². The molecule has 0 spiro atoms. The topological polar surface area (TPSA) is 174 Å². The van der Waals surface area contributed by atoms with E-state index in [1.54, 1.807) is 11.4 Å². The maximum atomic E-state index is 14.9. The number of sulfonamides is 1. The largest absolute Gasteiger partial charge is 0.346 e. The maximum Gasteiger partial charge on any atom is 0.315 e. The predicted molar refractivity (Wildman–Crippen MR) is 217 cm³/mol. The Hall–Kier alpha value is -4.52. The quantitative estimate of drug-likeness (QED) is 0.108. The summed E-state index contributed by atoms with van der Waals surface area (Å²) < 4.78 is 28.0. The van der Waals surface area contributed by atoms with E-state index >= 15 is 0 Å². The van der Waals surface area contributed by atoms with Crippen LogP contribution in [0, 0.1) is 35.5 Å². The number of carbonyl (C=O) groups excluding carboxylic acids is 5. The third-order valence-corrected chi connectivity index (χ3v) is 13.9. The zero-order valence-electron chi connectivity index (χ0n) is 33.2. The minimum absolute atomic E-state index is 0.0268. The lowest BCUT2D eigenvalue weighted by molar-refractivity contribution is -0.144. The van der Waals surface area contributed by atoms with E-state index in [0.29, 0.717) is 19.3 Å². The van der Waals surface area contributed by atoms with Crippen LogP contribution >= 0.6 is 11.3 Å². The number of hydrogen-bond donors (Lipinski definition) is 4. The van der Waals surface area contributed by atoms with E-state index in [9.17, 15) is 32.4 Å². The monoisotopic (exact) mass is 808 g/mol. The van der Waals surface area contributed by atoms with Crippen molar-refractivity contribution in [2.24, 2.45) is 23.2 Å². The minimum Gasteiger partial charge on any atom is -0.346 e. The van der Waals surface area contributed by atoms with E-state index < -0.39 is 69.1 Å². The van der Waals surface area contributed by atoms with Gasteiger partial charge in [-0.25, -0.2) is 13.2 Å². The molecule has 1 aromatic carbocycles. The highest BCUT2D eigenvalue weighted by Gasteiger charge is 2.48. The summed E-state index contributed by atoms with van der Waals surface area (Å²) in [5.74, 6) is -0.957. The van der Waals surface area contributed by atoms with E-state index in [1.807, 2.05) is 58.9 Å². The smallest absolute Gasteiger partial charge is 0.315 e. The molecule has 13 nitrogen and oxygen atoms in total. The van der Waals surface area contributed by atoms with Crippen LogP contribution in [0.2, 0.25) is 0 Å². The van der Waals surface area contributed by atoms with Crippen molar-refractivity contribution >= 4 is 50.9 Å². The van der Waals surface area contributed by atoms with Crippen LogP contribution in [0.1, 0.15) is 65.0 Å². The molecule has 0 bridgehead atoms. The van der Waals surface area contributed by atoms with Crippen molar-refractivity contribution in [1.29, 1.82) is 0 Å². The van der Waals surface area contributed by atoms with Crippen LogP contribution < -0.4 is 21.3 Å². The highest BCUT2D eigenvalue weighted by atomic mass is 32.2. The number of likely N-dealkylation sites (N-methyl/N-ethyl adjacent to an activating group) is 1. The molecule has 4 N–H and O–H groups in total. The molecule has 1 fully saturated rings. The standard InChI is InChI=1S/C41H56N6O7S2/c1-9-11-17-31(36(48)38(50)42-20-10-2)43-37(49)35-30(26(3)4)19-21-47(35)39(51)34(29-23-27-15-12-13-16-28(27)24-29)45-40(52)44-32(41(5,6)7)25-46(8)56(53,54)33-18-14-22-55-33/h1,10,12-16,18,22,26,29-32,34-35H,2,11,17,19-21,23-25H2,3-8H3,(H,42,50)(H,43,49)(H2,44,45,52)/t30-,31?,32-,34+,35+/m1/s1. The number of carbonyl (C=O) groups is 5. The molecule has 1 aromatic heterocycles. The fourth-order valence-corrected chi connectivity index (χ4v) is 9.83. The molecule has 4 rings (SSSR count). The Morgan fingerprint density at radius 1 is 1.05 bits per heavy atom. The molecule has 304 valence electrons. The van der Waals surface area contributed by atoms with E-state index in [0.717, 1.165) is 22.5 Å². The first-order valence-electron chi connectivity index (χ1n) is 19.0. The summed E-state index contributed by atoms with van der Waals surface area (Å²) in [5, 5.41) is 12.8. The Bertz CT molecular complexity index is 1880. The average molecular weight is 809 g/mol. The number of amides is 5. The van der Waals surface area contributed by atoms with Crippen LogP contribution in [0.3, 0.4) is 0 Å². The van der Waals surface area contributed by atoms with Crippen LogP contribution in [0.15, 0.2) is 58.6 Å². The maximum absolute atomic E-state index is 14.9. The van der Waals surface area contributed by atoms with Crippen molar-refractivity contribution in [2.45, 2.75) is 95.1 Å². The lowest BCUT2D eigenvalue weighted by atomic mass is 9.86. The molecule has 0 radical (unpaired) electrons. The zero-order valence-corrected chi connectivity index (χ0v) is 34.8. The number of thiophene rings is 1. The molecular weight excluding hydrogens is 753 g/mol. The van der Waals surface area contributed by atoms with E-state index in [2.05, 4.69) is 33.8 Å². The Labute approximate surface area is 335 Å². The molecular formula is C41H56N6O7S2. The van der Waals surface area contributed by atoms with Crippen LogP contribution in [-0.2, 0) is 42.0 Å². The first-order chi connectivity index (χ1) is 26.4. The molecule has 5 amide bonds. The second-order valence-corrected chi connectivity index (χ2v) is 19.2. The number of hydrogen-bond acceptors (Lipinski definition) is 8. The summed E-state index contributed by atoms with van der Waals surface area (Å²) in [6.07, 6.45) is 8.60. The number of likely N-dealkylation sites (tertiary alicyclic amines) is 1. The highest BCUT2D eigenvalue weighted by molar-refractivity contribution is 7.91. The van der Waals surface area contributed by atoms with Crippen LogP contribution in [0.25, 0.3) is 0 Å². The van der Waals surface area contributed by atoms with Gasteiger partial charge in [-0.2, -0.15) is 4.31 Å². The number of ketones is 1. The number of urea groups is 1. The number of Topliss-reactive ketones (excluding diaryl/α,β-unsaturated/α-hetero) is 1. The first-order valence-corrected chi connectivity index (χ1v) is 21.3. The van der Waals surface area contributed by atoms with Crippen molar-refractivity contribution in [2.75, 3.05) is 26.7 Å². The second-order valence-electron chi connectivity index (χ2n) is 16.0. The predicted octanol–water partition coefficient (Wildman–Crippen LogP) is 3.51. The van der Waals surface area contributed by atoms with Gasteiger partial charge in [0.1, 0.15) is 16.3 Å². The molecule has 1 aliphatic carbocycles. The van der Waals surface area contributed by atoms with Gasteiger partial charge in [0.25, 0.3) is 15.9 Å². The summed E-state index contributed by atoms with van der Waals surface area (Å²) in [4.78, 5) is 70.5. The average Bonchev–Trinajstić information content (AvgIpc) is 3.94. The molecule has 56 heavy (non-hydrogen) atoms. The van der Waals surface area contributed by atoms with Crippen molar-refractivity contribution in [3.63, 3.8) is 0 Å². The van der Waals surface area contributed by atoms with Gasteiger partial charge in [0, 0.05) is 39.1 Å². The van der Waals surface area contributed by atoms with E-state index in [1.165, 1.54) is 28.4 Å². The number of nitrogens with zero attached hydrogens (tertiary/aromatic N) is 2. The van der Waals surface area contributed by atoms with Crippen molar-refractivity contribution in [1.82, 2.24) is 30.5 Å². The third-order valence-electron chi connectivity index (χ3n) is 10.8. The summed E-state index contributed by atoms with van der Waals surface area (Å²) in [7, 11) is -2.34. The Kier molecular flexibility index (Phi) is 15.1. The van der Waals surface area contributed by atoms with E-state index in [-0.39, 0.29) is 54.4 Å². The minimum atomic E-state index is -3.81. The zero-order chi connectivity index (χ0) is 41.4. The summed E-state index contributed by atoms with van der Waals surface area (Å²) in [6.45, 7) is 13.4. The number of nitrogens with one attached hydrogen (secondary N) is 4. The van der Waals surface area contributed by atoms with Crippen molar-refractivity contribution in [3.05, 3.63) is 65.6 Å². The summed E-state index contributed by atoms with van der Waals surface area (Å²) >= 11 is 1.11. The van der Waals surface area contributed by atoms with Gasteiger partial charge in [0.05, 0.1) is 6.04 Å². The summed E-state index contributed by atoms with van der Waals surface area (Å²) in [5.41, 5.74) is 1.54. The van der Waals surface area contributed by atoms with Crippen molar-refractivity contribution in [3.8, 4) is 12.3 Å². The summed E-state index contributed by atoms with van der Waals surface area (Å²) in [6, 6.07) is 6.48. The molecule has 5 atom stereocenters. The van der Waals surface area contributed by atoms with Crippen molar-refractivity contribution < 1.29 is 32.4 Å². The molecule has 1 unspecified atom stereocenters. The van der Waals surface area contributed by atoms with Crippen LogP contribution in [0.4, 0.5) is 4.79 Å². The van der Waals surface area contributed by atoms with Crippen LogP contribution in [0.5, 0.6) is 0 Å². The molecule has 2 heterocycles. The fraction of sp³-hybridized carbons (Fsp3) is 0.537. The normalized spacial score (nSPS) is 18.7. The first kappa shape index (κ1) is 44.2. The van der Waals surface area contributed by atoms with Crippen LogP contribution in [-0.4, -0.2) is 98.0 Å². The van der Waals surface area contributed by atoms with Gasteiger partial charge in [-0.1, -0.05) is 71.0 Å². The fourth-order valence-electron chi connectivity index (χ4n) is 7.45.